The van der Waals surface area contributed by atoms with Crippen molar-refractivity contribution in [3.05, 3.63) is 0 Å². The van der Waals surface area contributed by atoms with Crippen LogP contribution in [0.2, 0.25) is 0 Å². The van der Waals surface area contributed by atoms with Gasteiger partial charge in [-0.3, -0.25) is 14.4 Å². The molecule has 51 heavy (non-hydrogen) atoms. The number of hydrogen-bond acceptors (Lipinski definition) is 6. The SMILES string of the molecule is CCCCCCCCCCCCCCCCCCCCCC(=O)O[C@H](COC(=O)CCCCCCC)COC(=O)CCCCCCCCC(C)C. The van der Waals surface area contributed by atoms with Gasteiger partial charge in [-0.1, -0.05) is 207 Å². The summed E-state index contributed by atoms with van der Waals surface area (Å²) >= 11 is 0. The fourth-order valence-electron chi connectivity index (χ4n) is 6.63. The predicted molar refractivity (Wildman–Crippen MR) is 215 cm³/mol. The first-order chi connectivity index (χ1) is 24.9. The Bertz CT molecular complexity index is 766. The molecule has 1 atom stereocenters. The van der Waals surface area contributed by atoms with Gasteiger partial charge in [-0.2, -0.15) is 0 Å². The molecular formula is C45H86O6. The van der Waals surface area contributed by atoms with Crippen molar-refractivity contribution in [1.82, 2.24) is 0 Å². The molecule has 0 saturated heterocycles. The van der Waals surface area contributed by atoms with E-state index in [4.69, 9.17) is 14.2 Å². The molecule has 0 aliphatic rings. The number of carbonyl (C=O) groups is 3. The first-order valence-electron chi connectivity index (χ1n) is 22.4. The summed E-state index contributed by atoms with van der Waals surface area (Å²) in [6, 6.07) is 0. The number of carbonyl (C=O) groups excluding carboxylic acids is 3. The molecule has 6 nitrogen and oxygen atoms in total. The molecule has 0 aliphatic heterocycles. The third kappa shape index (κ3) is 39.5. The van der Waals surface area contributed by atoms with Crippen molar-refractivity contribution >= 4 is 17.9 Å². The molecule has 0 rings (SSSR count). The van der Waals surface area contributed by atoms with E-state index in [-0.39, 0.29) is 31.1 Å². The maximum atomic E-state index is 12.7. The monoisotopic (exact) mass is 723 g/mol. The average molecular weight is 723 g/mol. The largest absolute Gasteiger partial charge is 0.462 e. The molecule has 0 unspecified atom stereocenters. The second kappa shape index (κ2) is 39.6. The van der Waals surface area contributed by atoms with Crippen molar-refractivity contribution in [3.63, 3.8) is 0 Å². The van der Waals surface area contributed by atoms with Gasteiger partial charge in [0.1, 0.15) is 13.2 Å². The Labute approximate surface area is 317 Å². The fourth-order valence-corrected chi connectivity index (χ4v) is 6.63. The highest BCUT2D eigenvalue weighted by Gasteiger charge is 2.19. The van der Waals surface area contributed by atoms with Gasteiger partial charge < -0.3 is 14.2 Å². The predicted octanol–water partition coefficient (Wildman–Crippen LogP) is 13.9. The Hall–Kier alpha value is -1.59. The van der Waals surface area contributed by atoms with Crippen molar-refractivity contribution in [1.29, 1.82) is 0 Å². The molecule has 6 heteroatoms. The van der Waals surface area contributed by atoms with Crippen LogP contribution in [0.25, 0.3) is 0 Å². The summed E-state index contributed by atoms with van der Waals surface area (Å²) in [7, 11) is 0. The van der Waals surface area contributed by atoms with Crippen LogP contribution in [0.1, 0.15) is 246 Å². The van der Waals surface area contributed by atoms with Crippen molar-refractivity contribution in [2.75, 3.05) is 13.2 Å². The average Bonchev–Trinajstić information content (AvgIpc) is 3.11. The summed E-state index contributed by atoms with van der Waals surface area (Å²) in [4.78, 5) is 37.3. The molecule has 0 amide bonds. The van der Waals surface area contributed by atoms with Crippen LogP contribution < -0.4 is 0 Å². The van der Waals surface area contributed by atoms with Gasteiger partial charge in [-0.25, -0.2) is 0 Å². The molecule has 0 saturated carbocycles. The van der Waals surface area contributed by atoms with Crippen LogP contribution in [0.3, 0.4) is 0 Å². The zero-order valence-corrected chi connectivity index (χ0v) is 34.6. The Balaban J connectivity index is 4.11. The van der Waals surface area contributed by atoms with E-state index in [1.165, 1.54) is 135 Å². The minimum Gasteiger partial charge on any atom is -0.462 e. The standard InChI is InChI=1S/C45H86O6/c1-5-7-9-11-12-13-14-15-16-17-18-19-20-21-22-23-24-30-34-38-45(48)51-42(39-49-43(46)36-32-27-10-8-6-2)40-50-44(47)37-33-29-26-25-28-31-35-41(3)4/h41-42H,5-40H2,1-4H3/t42-/m1/s1. The van der Waals surface area contributed by atoms with E-state index < -0.39 is 6.10 Å². The zero-order valence-electron chi connectivity index (χ0n) is 34.6. The number of esters is 3. The highest BCUT2D eigenvalue weighted by molar-refractivity contribution is 5.71. The van der Waals surface area contributed by atoms with Crippen molar-refractivity contribution in [2.45, 2.75) is 252 Å². The van der Waals surface area contributed by atoms with Crippen LogP contribution in [0.4, 0.5) is 0 Å². The third-order valence-electron chi connectivity index (χ3n) is 10.0. The van der Waals surface area contributed by atoms with Crippen molar-refractivity contribution in [3.8, 4) is 0 Å². The molecule has 0 aromatic rings. The highest BCUT2D eigenvalue weighted by Crippen LogP contribution is 2.16. The Morgan fingerprint density at radius 3 is 0.961 bits per heavy atom. The molecule has 0 N–H and O–H groups in total. The van der Waals surface area contributed by atoms with Gasteiger partial charge in [0.05, 0.1) is 0 Å². The molecule has 0 fully saturated rings. The van der Waals surface area contributed by atoms with Crippen molar-refractivity contribution < 1.29 is 28.6 Å². The van der Waals surface area contributed by atoms with Crippen LogP contribution in [-0.2, 0) is 28.6 Å². The molecule has 0 aromatic carbocycles. The topological polar surface area (TPSA) is 78.9 Å². The van der Waals surface area contributed by atoms with Gasteiger partial charge in [-0.05, 0) is 25.2 Å². The van der Waals surface area contributed by atoms with Gasteiger partial charge in [0.2, 0.25) is 0 Å². The number of rotatable bonds is 40. The Morgan fingerprint density at radius 1 is 0.373 bits per heavy atom. The number of unbranched alkanes of at least 4 members (excludes halogenated alkanes) is 27. The minimum absolute atomic E-state index is 0.0667. The van der Waals surface area contributed by atoms with E-state index in [2.05, 4.69) is 27.7 Å². The van der Waals surface area contributed by atoms with Crippen LogP contribution in [0.15, 0.2) is 0 Å². The summed E-state index contributed by atoms with van der Waals surface area (Å²) in [6.07, 6.45) is 38.5. The summed E-state index contributed by atoms with van der Waals surface area (Å²) in [5.41, 5.74) is 0. The van der Waals surface area contributed by atoms with E-state index in [1.54, 1.807) is 0 Å². The van der Waals surface area contributed by atoms with E-state index >= 15 is 0 Å². The fraction of sp³-hybridized carbons (Fsp3) is 0.933. The van der Waals surface area contributed by atoms with E-state index in [0.29, 0.717) is 19.3 Å². The van der Waals surface area contributed by atoms with Crippen LogP contribution >= 0.6 is 0 Å². The molecular weight excluding hydrogens is 636 g/mol. The van der Waals surface area contributed by atoms with Gasteiger partial charge in [0.15, 0.2) is 6.10 Å². The summed E-state index contributed by atoms with van der Waals surface area (Å²) in [5, 5.41) is 0. The summed E-state index contributed by atoms with van der Waals surface area (Å²) in [6.45, 7) is 8.84. The molecule has 302 valence electrons. The first kappa shape index (κ1) is 49.4. The smallest absolute Gasteiger partial charge is 0.306 e. The minimum atomic E-state index is -0.758. The van der Waals surface area contributed by atoms with E-state index in [9.17, 15) is 14.4 Å². The highest BCUT2D eigenvalue weighted by atomic mass is 16.6. The third-order valence-corrected chi connectivity index (χ3v) is 10.0. The molecule has 0 radical (unpaired) electrons. The van der Waals surface area contributed by atoms with E-state index in [1.807, 2.05) is 0 Å². The summed E-state index contributed by atoms with van der Waals surface area (Å²) in [5.74, 6) is -0.112. The molecule has 0 heterocycles. The molecule has 0 aromatic heterocycles. The lowest BCUT2D eigenvalue weighted by atomic mass is 10.0. The lowest BCUT2D eigenvalue weighted by Crippen LogP contribution is -2.30. The van der Waals surface area contributed by atoms with Gasteiger partial charge >= 0.3 is 17.9 Å². The molecule has 0 spiro atoms. The molecule has 0 bridgehead atoms. The number of hydrogen-bond donors (Lipinski definition) is 0. The van der Waals surface area contributed by atoms with Gasteiger partial charge in [0, 0.05) is 19.3 Å². The van der Waals surface area contributed by atoms with Crippen LogP contribution in [0, 0.1) is 5.92 Å². The van der Waals surface area contributed by atoms with Crippen LogP contribution in [-0.4, -0.2) is 37.2 Å². The quantitative estimate of drug-likeness (QED) is 0.0356. The maximum Gasteiger partial charge on any atom is 0.306 e. The second-order valence-electron chi connectivity index (χ2n) is 15.8. The van der Waals surface area contributed by atoms with Crippen LogP contribution in [0.5, 0.6) is 0 Å². The lowest BCUT2D eigenvalue weighted by molar-refractivity contribution is -0.167. The molecule has 0 aliphatic carbocycles. The van der Waals surface area contributed by atoms with Gasteiger partial charge in [0.25, 0.3) is 0 Å². The van der Waals surface area contributed by atoms with Crippen molar-refractivity contribution in [2.24, 2.45) is 5.92 Å². The van der Waals surface area contributed by atoms with E-state index in [0.717, 1.165) is 70.1 Å². The second-order valence-corrected chi connectivity index (χ2v) is 15.8. The first-order valence-corrected chi connectivity index (χ1v) is 22.4. The summed E-state index contributed by atoms with van der Waals surface area (Å²) < 4.78 is 16.6. The zero-order chi connectivity index (χ0) is 37.5. The number of ether oxygens (including phenoxy) is 3. The van der Waals surface area contributed by atoms with Gasteiger partial charge in [-0.15, -0.1) is 0 Å². The Morgan fingerprint density at radius 2 is 0.647 bits per heavy atom. The maximum absolute atomic E-state index is 12.7. The Kier molecular flexibility index (Phi) is 38.4. The lowest BCUT2D eigenvalue weighted by Gasteiger charge is -2.18. The normalized spacial score (nSPS) is 11.9.